The van der Waals surface area contributed by atoms with Crippen LogP contribution in [0.15, 0.2) is 29.3 Å². The van der Waals surface area contributed by atoms with E-state index in [1.165, 1.54) is 25.4 Å². The highest BCUT2D eigenvalue weighted by molar-refractivity contribution is 7.92. The summed E-state index contributed by atoms with van der Waals surface area (Å²) in [5, 5.41) is 14.8. The van der Waals surface area contributed by atoms with E-state index in [-0.39, 0.29) is 22.0 Å². The predicted octanol–water partition coefficient (Wildman–Crippen LogP) is 1.93. The molecule has 10 heteroatoms. The maximum atomic E-state index is 12.5. The largest absolute Gasteiger partial charge is 0.494 e. The number of aryl methyl sites for hydroxylation is 1. The Kier molecular flexibility index (Phi) is 4.55. The first-order valence-electron chi connectivity index (χ1n) is 6.67. The molecule has 0 unspecified atom stereocenters. The first-order chi connectivity index (χ1) is 10.8. The minimum atomic E-state index is -3.88. The highest BCUT2D eigenvalue weighted by Crippen LogP contribution is 2.31. The Bertz CT molecular complexity index is 844. The third kappa shape index (κ3) is 3.26. The second kappa shape index (κ2) is 6.24. The molecule has 0 spiro atoms. The number of aromatic nitrogens is 2. The zero-order chi connectivity index (χ0) is 17.2. The lowest BCUT2D eigenvalue weighted by molar-refractivity contribution is -0.384. The molecule has 0 amide bonds. The molecule has 1 aromatic carbocycles. The second-order valence-corrected chi connectivity index (χ2v) is 6.31. The average Bonchev–Trinajstić information content (AvgIpc) is 2.88. The average molecular weight is 340 g/mol. The minimum absolute atomic E-state index is 0.0414. The Labute approximate surface area is 133 Å². The van der Waals surface area contributed by atoms with Crippen molar-refractivity contribution < 1.29 is 18.1 Å². The summed E-state index contributed by atoms with van der Waals surface area (Å²) in [4.78, 5) is 10.2. The van der Waals surface area contributed by atoms with Gasteiger partial charge in [0, 0.05) is 12.6 Å². The van der Waals surface area contributed by atoms with Gasteiger partial charge in [0.05, 0.1) is 35.7 Å². The van der Waals surface area contributed by atoms with Crippen molar-refractivity contribution in [3.05, 3.63) is 40.2 Å². The van der Waals surface area contributed by atoms with Gasteiger partial charge in [-0.3, -0.25) is 19.5 Å². The van der Waals surface area contributed by atoms with Crippen LogP contribution in [-0.4, -0.2) is 30.2 Å². The van der Waals surface area contributed by atoms with Crippen LogP contribution < -0.4 is 9.46 Å². The molecule has 0 aliphatic heterocycles. The van der Waals surface area contributed by atoms with Gasteiger partial charge in [-0.25, -0.2) is 8.42 Å². The van der Waals surface area contributed by atoms with Gasteiger partial charge in [-0.1, -0.05) is 0 Å². The van der Waals surface area contributed by atoms with E-state index in [0.717, 1.165) is 6.07 Å². The molecule has 2 aromatic rings. The Balaban J connectivity index is 2.40. The number of rotatable bonds is 6. The summed E-state index contributed by atoms with van der Waals surface area (Å²) >= 11 is 0. The number of ether oxygens (including phenoxy) is 1. The van der Waals surface area contributed by atoms with Gasteiger partial charge in [-0.15, -0.1) is 0 Å². The van der Waals surface area contributed by atoms with E-state index in [4.69, 9.17) is 4.74 Å². The van der Waals surface area contributed by atoms with Gasteiger partial charge >= 0.3 is 0 Å². The molecule has 124 valence electrons. The number of benzene rings is 1. The summed E-state index contributed by atoms with van der Waals surface area (Å²) < 4.78 is 33.9. The van der Waals surface area contributed by atoms with E-state index >= 15 is 0 Å². The summed E-state index contributed by atoms with van der Waals surface area (Å²) in [7, 11) is -2.58. The van der Waals surface area contributed by atoms with Gasteiger partial charge in [0.1, 0.15) is 10.6 Å². The van der Waals surface area contributed by atoms with Crippen LogP contribution in [0.25, 0.3) is 0 Å². The molecule has 9 nitrogen and oxygen atoms in total. The predicted molar refractivity (Wildman–Crippen MR) is 83.1 cm³/mol. The molecule has 0 bridgehead atoms. The van der Waals surface area contributed by atoms with E-state index in [1.54, 1.807) is 11.6 Å². The zero-order valence-electron chi connectivity index (χ0n) is 12.8. The van der Waals surface area contributed by atoms with Crippen LogP contribution in [0.2, 0.25) is 0 Å². The molecule has 0 aliphatic rings. The first-order valence-corrected chi connectivity index (χ1v) is 8.16. The summed E-state index contributed by atoms with van der Waals surface area (Å²) in [6.45, 7) is 4.05. The summed E-state index contributed by atoms with van der Waals surface area (Å²) in [6, 6.07) is 3.64. The summed E-state index contributed by atoms with van der Waals surface area (Å²) in [5.41, 5.74) is 0.419. The molecule has 1 heterocycles. The molecule has 1 N–H and O–H groups in total. The fraction of sp³-hybridized carbons (Fsp3) is 0.308. The van der Waals surface area contributed by atoms with Gasteiger partial charge in [-0.2, -0.15) is 5.10 Å². The first kappa shape index (κ1) is 16.7. The number of nitro benzene ring substituents is 1. The number of hydrogen-bond donors (Lipinski definition) is 1. The molecule has 1 aromatic heterocycles. The van der Waals surface area contributed by atoms with Crippen LogP contribution in [-0.2, 0) is 16.6 Å². The molecule has 0 atom stereocenters. The van der Waals surface area contributed by atoms with E-state index in [9.17, 15) is 18.5 Å². The number of anilines is 1. The van der Waals surface area contributed by atoms with Gasteiger partial charge < -0.3 is 4.74 Å². The van der Waals surface area contributed by atoms with Gasteiger partial charge in [-0.05, 0) is 19.9 Å². The van der Waals surface area contributed by atoms with Crippen molar-refractivity contribution >= 4 is 21.4 Å². The summed E-state index contributed by atoms with van der Waals surface area (Å²) in [6.07, 6.45) is 1.26. The van der Waals surface area contributed by atoms with Crippen molar-refractivity contribution in [1.82, 2.24) is 9.78 Å². The maximum Gasteiger partial charge on any atom is 0.273 e. The van der Waals surface area contributed by atoms with Crippen LogP contribution in [0.3, 0.4) is 0 Å². The fourth-order valence-corrected chi connectivity index (χ4v) is 3.34. The lowest BCUT2D eigenvalue weighted by Crippen LogP contribution is -2.15. The Morgan fingerprint density at radius 2 is 2.13 bits per heavy atom. The summed E-state index contributed by atoms with van der Waals surface area (Å²) in [5.74, 6) is 0.0586. The van der Waals surface area contributed by atoms with Crippen LogP contribution in [0, 0.1) is 17.0 Å². The van der Waals surface area contributed by atoms with Gasteiger partial charge in [0.25, 0.3) is 15.7 Å². The van der Waals surface area contributed by atoms with E-state index in [2.05, 4.69) is 9.82 Å². The van der Waals surface area contributed by atoms with Crippen LogP contribution in [0.5, 0.6) is 5.75 Å². The second-order valence-electron chi connectivity index (χ2n) is 4.66. The number of nitro groups is 1. The zero-order valence-corrected chi connectivity index (χ0v) is 13.6. The Hall–Kier alpha value is -2.62. The number of non-ortho nitro benzene ring substituents is 1. The van der Waals surface area contributed by atoms with Crippen molar-refractivity contribution in [2.75, 3.05) is 11.8 Å². The maximum absolute atomic E-state index is 12.5. The number of hydrogen-bond acceptors (Lipinski definition) is 6. The molecule has 0 saturated heterocycles. The van der Waals surface area contributed by atoms with Crippen molar-refractivity contribution in [1.29, 1.82) is 0 Å². The lowest BCUT2D eigenvalue weighted by Gasteiger charge is -2.11. The number of nitrogens with one attached hydrogen (secondary N) is 1. The van der Waals surface area contributed by atoms with Crippen molar-refractivity contribution in [3.63, 3.8) is 0 Å². The molecular weight excluding hydrogens is 324 g/mol. The lowest BCUT2D eigenvalue weighted by atomic mass is 10.2. The normalized spacial score (nSPS) is 11.3. The third-order valence-electron chi connectivity index (χ3n) is 3.29. The number of nitrogens with zero attached hydrogens (tertiary/aromatic N) is 3. The molecular formula is C13H16N4O5S. The van der Waals surface area contributed by atoms with Crippen molar-refractivity contribution in [2.45, 2.75) is 25.3 Å². The van der Waals surface area contributed by atoms with Crippen LogP contribution in [0.1, 0.15) is 12.6 Å². The topological polar surface area (TPSA) is 116 Å². The smallest absolute Gasteiger partial charge is 0.273 e. The molecule has 2 rings (SSSR count). The monoisotopic (exact) mass is 340 g/mol. The van der Waals surface area contributed by atoms with Gasteiger partial charge in [0.2, 0.25) is 0 Å². The Morgan fingerprint density at radius 3 is 2.65 bits per heavy atom. The number of methoxy groups -OCH3 is 1. The fourth-order valence-electron chi connectivity index (χ4n) is 2.09. The minimum Gasteiger partial charge on any atom is -0.494 e. The molecule has 23 heavy (non-hydrogen) atoms. The van der Waals surface area contributed by atoms with E-state index in [0.29, 0.717) is 12.2 Å². The van der Waals surface area contributed by atoms with Crippen LogP contribution in [0.4, 0.5) is 11.4 Å². The molecule has 0 saturated carbocycles. The quantitative estimate of drug-likeness (QED) is 0.634. The Morgan fingerprint density at radius 1 is 1.43 bits per heavy atom. The van der Waals surface area contributed by atoms with E-state index < -0.39 is 14.9 Å². The number of sulfonamides is 1. The third-order valence-corrected chi connectivity index (χ3v) is 4.76. The highest BCUT2D eigenvalue weighted by atomic mass is 32.2. The molecule has 0 radical (unpaired) electrons. The molecule has 0 fully saturated rings. The highest BCUT2D eigenvalue weighted by Gasteiger charge is 2.23. The van der Waals surface area contributed by atoms with Crippen molar-refractivity contribution in [3.8, 4) is 5.75 Å². The van der Waals surface area contributed by atoms with Crippen molar-refractivity contribution in [2.24, 2.45) is 0 Å². The van der Waals surface area contributed by atoms with Crippen LogP contribution >= 0.6 is 0 Å². The van der Waals surface area contributed by atoms with Gasteiger partial charge in [0.15, 0.2) is 0 Å². The standard InChI is InChI=1S/C13H16N4O5S/c1-4-16-9(2)13(8-14-16)23(20,21)15-11-6-5-10(17(18)19)7-12(11)22-3/h5-8,15H,4H2,1-3H3. The van der Waals surface area contributed by atoms with E-state index in [1.807, 2.05) is 6.92 Å². The molecule has 0 aliphatic carbocycles. The SMILES string of the molecule is CCn1ncc(S(=O)(=O)Nc2ccc([N+](=O)[O-])cc2OC)c1C.